The third kappa shape index (κ3) is 4.74. The van der Waals surface area contributed by atoms with E-state index in [4.69, 9.17) is 0 Å². The summed E-state index contributed by atoms with van der Waals surface area (Å²) in [5, 5.41) is 0.415. The molecule has 1 aliphatic rings. The molecule has 1 fully saturated rings. The van der Waals surface area contributed by atoms with E-state index in [2.05, 4.69) is 18.7 Å². The van der Waals surface area contributed by atoms with E-state index in [-0.39, 0.29) is 11.2 Å². The van der Waals surface area contributed by atoms with Crippen LogP contribution >= 0.6 is 11.8 Å². The minimum atomic E-state index is -2.88. The highest BCUT2D eigenvalue weighted by Crippen LogP contribution is 2.24. The Morgan fingerprint density at radius 3 is 2.22 bits per heavy atom. The molecule has 0 N–H and O–H groups in total. The first kappa shape index (κ1) is 16.3. The van der Waals surface area contributed by atoms with Crippen LogP contribution in [0.3, 0.4) is 0 Å². The molecule has 0 bridgehead atoms. The second kappa shape index (κ2) is 7.15. The van der Waals surface area contributed by atoms with Gasteiger partial charge < -0.3 is 0 Å². The molecule has 0 aromatic rings. The maximum atomic E-state index is 12.2. The monoisotopic (exact) mass is 293 g/mol. The van der Waals surface area contributed by atoms with Crippen molar-refractivity contribution in [3.63, 3.8) is 0 Å². The SMILES string of the molecule is CCSC(C)N1CCC(S(=O)(=O)CC(C)C)CC1. The average molecular weight is 293 g/mol. The van der Waals surface area contributed by atoms with Crippen LogP contribution in [-0.2, 0) is 9.84 Å². The normalized spacial score (nSPS) is 21.4. The number of thioether (sulfide) groups is 1. The van der Waals surface area contributed by atoms with Crippen LogP contribution in [0.5, 0.6) is 0 Å². The van der Waals surface area contributed by atoms with Crippen LogP contribution in [0.1, 0.15) is 40.5 Å². The minimum absolute atomic E-state index is 0.102. The molecule has 0 aromatic heterocycles. The second-order valence-corrected chi connectivity index (χ2v) is 9.43. The predicted molar refractivity (Wildman–Crippen MR) is 80.8 cm³/mol. The second-order valence-electron chi connectivity index (χ2n) is 5.51. The maximum Gasteiger partial charge on any atom is 0.153 e. The van der Waals surface area contributed by atoms with Crippen LogP contribution in [0.4, 0.5) is 0 Å². The molecule has 0 spiro atoms. The van der Waals surface area contributed by atoms with Gasteiger partial charge in [-0.15, -0.1) is 11.8 Å². The molecule has 0 aliphatic carbocycles. The van der Waals surface area contributed by atoms with E-state index in [1.807, 2.05) is 25.6 Å². The molecule has 1 saturated heterocycles. The highest BCUT2D eigenvalue weighted by molar-refractivity contribution is 7.99. The zero-order chi connectivity index (χ0) is 13.8. The first-order valence-electron chi connectivity index (χ1n) is 6.94. The van der Waals surface area contributed by atoms with Gasteiger partial charge in [-0.1, -0.05) is 20.8 Å². The molecular weight excluding hydrogens is 266 g/mol. The summed E-state index contributed by atoms with van der Waals surface area (Å²) in [5.41, 5.74) is 0. The van der Waals surface area contributed by atoms with Crippen LogP contribution in [0.2, 0.25) is 0 Å². The van der Waals surface area contributed by atoms with Crippen LogP contribution in [-0.4, -0.2) is 48.5 Å². The van der Waals surface area contributed by atoms with Crippen molar-refractivity contribution in [2.24, 2.45) is 5.92 Å². The number of hydrogen-bond donors (Lipinski definition) is 0. The molecule has 108 valence electrons. The Kier molecular flexibility index (Phi) is 6.48. The molecule has 1 atom stereocenters. The standard InChI is InChI=1S/C13H27NO2S2/c1-5-17-12(4)14-8-6-13(7-9-14)18(15,16)10-11(2)3/h11-13H,5-10H2,1-4H3. The first-order valence-corrected chi connectivity index (χ1v) is 9.70. The Balaban J connectivity index is 2.48. The van der Waals surface area contributed by atoms with Crippen molar-refractivity contribution >= 4 is 21.6 Å². The Morgan fingerprint density at radius 2 is 1.78 bits per heavy atom. The summed E-state index contributed by atoms with van der Waals surface area (Å²) in [6, 6.07) is 0. The van der Waals surface area contributed by atoms with Gasteiger partial charge in [0.2, 0.25) is 0 Å². The molecule has 1 heterocycles. The largest absolute Gasteiger partial charge is 0.292 e. The van der Waals surface area contributed by atoms with Crippen molar-refractivity contribution in [2.45, 2.75) is 51.2 Å². The van der Waals surface area contributed by atoms with Crippen LogP contribution in [0, 0.1) is 5.92 Å². The molecular formula is C13H27NO2S2. The quantitative estimate of drug-likeness (QED) is 0.754. The highest BCUT2D eigenvalue weighted by atomic mass is 32.2. The fourth-order valence-corrected chi connectivity index (χ4v) is 5.58. The van der Waals surface area contributed by atoms with Gasteiger partial charge in [0.1, 0.15) is 0 Å². The van der Waals surface area contributed by atoms with E-state index in [1.54, 1.807) is 0 Å². The summed E-state index contributed by atoms with van der Waals surface area (Å²) in [7, 11) is -2.88. The third-order valence-corrected chi connectivity index (χ3v) is 7.20. The number of rotatable bonds is 6. The summed E-state index contributed by atoms with van der Waals surface area (Å²) in [5.74, 6) is 1.70. The van der Waals surface area contributed by atoms with Crippen LogP contribution in [0.15, 0.2) is 0 Å². The van der Waals surface area contributed by atoms with Crippen LogP contribution < -0.4 is 0 Å². The summed E-state index contributed by atoms with van der Waals surface area (Å²) < 4.78 is 24.3. The topological polar surface area (TPSA) is 37.4 Å². The molecule has 1 aliphatic heterocycles. The van der Waals surface area contributed by atoms with Gasteiger partial charge in [-0.2, -0.15) is 0 Å². The number of likely N-dealkylation sites (tertiary alicyclic amines) is 1. The van der Waals surface area contributed by atoms with Gasteiger partial charge in [-0.05, 0) is 31.4 Å². The van der Waals surface area contributed by atoms with E-state index in [1.165, 1.54) is 0 Å². The van der Waals surface area contributed by atoms with Gasteiger partial charge in [0.25, 0.3) is 0 Å². The Hall–Kier alpha value is 0.260. The average Bonchev–Trinajstić information content (AvgIpc) is 2.28. The molecule has 0 saturated carbocycles. The molecule has 1 rings (SSSR count). The third-order valence-electron chi connectivity index (χ3n) is 3.47. The molecule has 3 nitrogen and oxygen atoms in total. The lowest BCUT2D eigenvalue weighted by molar-refractivity contribution is 0.223. The number of nitrogens with zero attached hydrogens (tertiary/aromatic N) is 1. The Morgan fingerprint density at radius 1 is 1.22 bits per heavy atom. The van der Waals surface area contributed by atoms with Crippen molar-refractivity contribution in [2.75, 3.05) is 24.6 Å². The Labute approximate surface area is 117 Å². The lowest BCUT2D eigenvalue weighted by Crippen LogP contribution is -2.43. The molecule has 0 aromatic carbocycles. The molecule has 18 heavy (non-hydrogen) atoms. The molecule has 0 amide bonds. The van der Waals surface area contributed by atoms with E-state index >= 15 is 0 Å². The highest BCUT2D eigenvalue weighted by Gasteiger charge is 2.31. The van der Waals surface area contributed by atoms with Crippen molar-refractivity contribution in [3.05, 3.63) is 0 Å². The fraction of sp³-hybridized carbons (Fsp3) is 1.00. The maximum absolute atomic E-state index is 12.2. The van der Waals surface area contributed by atoms with Crippen molar-refractivity contribution in [1.82, 2.24) is 4.90 Å². The van der Waals surface area contributed by atoms with Gasteiger partial charge in [0.15, 0.2) is 9.84 Å². The minimum Gasteiger partial charge on any atom is -0.292 e. The number of piperidine rings is 1. The van der Waals surface area contributed by atoms with Gasteiger partial charge in [0, 0.05) is 13.1 Å². The zero-order valence-corrected chi connectivity index (χ0v) is 13.7. The zero-order valence-electron chi connectivity index (χ0n) is 12.1. The Bertz CT molecular complexity index is 333. The summed E-state index contributed by atoms with van der Waals surface area (Å²) >= 11 is 1.93. The van der Waals surface area contributed by atoms with E-state index in [0.29, 0.717) is 11.1 Å². The predicted octanol–water partition coefficient (Wildman–Crippen LogP) is 2.62. The van der Waals surface area contributed by atoms with Gasteiger partial charge in [-0.25, -0.2) is 8.42 Å². The first-order chi connectivity index (χ1) is 8.36. The van der Waals surface area contributed by atoms with Crippen LogP contribution in [0.25, 0.3) is 0 Å². The van der Waals surface area contributed by atoms with Gasteiger partial charge in [0.05, 0.1) is 16.4 Å². The smallest absolute Gasteiger partial charge is 0.153 e. The van der Waals surface area contributed by atoms with Gasteiger partial charge in [-0.3, -0.25) is 4.90 Å². The fourth-order valence-electron chi connectivity index (χ4n) is 2.55. The molecule has 1 unspecified atom stereocenters. The molecule has 5 heteroatoms. The van der Waals surface area contributed by atoms with Crippen molar-refractivity contribution < 1.29 is 8.42 Å². The van der Waals surface area contributed by atoms with Gasteiger partial charge >= 0.3 is 0 Å². The van der Waals surface area contributed by atoms with E-state index in [0.717, 1.165) is 31.7 Å². The lowest BCUT2D eigenvalue weighted by Gasteiger charge is -2.35. The lowest BCUT2D eigenvalue weighted by atomic mass is 10.1. The van der Waals surface area contributed by atoms with E-state index < -0.39 is 9.84 Å². The number of hydrogen-bond acceptors (Lipinski definition) is 4. The summed E-state index contributed by atoms with van der Waals surface area (Å²) in [6.45, 7) is 10.2. The van der Waals surface area contributed by atoms with Crippen molar-refractivity contribution in [1.29, 1.82) is 0 Å². The summed E-state index contributed by atoms with van der Waals surface area (Å²) in [4.78, 5) is 2.41. The number of sulfone groups is 1. The summed E-state index contributed by atoms with van der Waals surface area (Å²) in [6.07, 6.45) is 1.62. The van der Waals surface area contributed by atoms with Crippen molar-refractivity contribution in [3.8, 4) is 0 Å². The van der Waals surface area contributed by atoms with E-state index in [9.17, 15) is 8.42 Å². The molecule has 0 radical (unpaired) electrons.